The second-order valence-corrected chi connectivity index (χ2v) is 17.8. The van der Waals surface area contributed by atoms with E-state index in [4.69, 9.17) is 23.7 Å². The maximum absolute atomic E-state index is 15.6. The summed E-state index contributed by atoms with van der Waals surface area (Å²) >= 11 is 0. The molecule has 7 rings (SSSR count). The summed E-state index contributed by atoms with van der Waals surface area (Å²) in [7, 11) is 0. The van der Waals surface area contributed by atoms with Crippen LogP contribution < -0.4 is 5.32 Å². The predicted octanol–water partition coefficient (Wildman–Crippen LogP) is 5.01. The van der Waals surface area contributed by atoms with E-state index < -0.39 is 106 Å². The highest BCUT2D eigenvalue weighted by Gasteiger charge is 2.77. The standard InChI is InChI=1S/C48H53NO13/c1-26-32(60-44(57)37(53)36(29-17-11-8-12-18-29)49-42(55)30-19-13-9-14-20-30)24-46(6)41(61-43(56)31-21-15-10-16-22-31)39-47(7,33(52)23-34-48(39,25-58-34)62-28(3)51)40(54)38(59-27(2)50)35(26)45(46,4)5/h8-22,32-34,36-39,41,52-53H,23-25H2,1-7H3,(H,49,55)/t32-,33+,34-,36-,37-,38-,39?,41-,46+,47-,48-/m1/s1. The third-order valence-electron chi connectivity index (χ3n) is 14.1. The van der Waals surface area contributed by atoms with Crippen LogP contribution in [0.5, 0.6) is 0 Å². The SMILES string of the molecule is CC(=O)O[C@H]1C(=O)[C@@]2(C)C([C@@H](OC(=O)c3ccccc3)[C@]3(C)C[C@@H](OC(=O)[C@H](O)[C@H](NC(=O)c4ccccc4)c4ccccc4)C(C)=C1C3(C)C)[C@@]1(OC(C)=O)CO[C@@H]1C[C@@H]2O. The van der Waals surface area contributed by atoms with Crippen LogP contribution in [-0.2, 0) is 42.9 Å². The van der Waals surface area contributed by atoms with Gasteiger partial charge in [0, 0.05) is 31.2 Å². The number of ketones is 1. The smallest absolute Gasteiger partial charge is 0.338 e. The van der Waals surface area contributed by atoms with Crippen LogP contribution in [0.2, 0.25) is 0 Å². The number of hydrogen-bond donors (Lipinski definition) is 3. The molecular formula is C48H53NO13. The molecule has 3 aliphatic carbocycles. The van der Waals surface area contributed by atoms with Crippen molar-refractivity contribution >= 4 is 35.6 Å². The van der Waals surface area contributed by atoms with Crippen molar-refractivity contribution in [3.8, 4) is 0 Å². The Morgan fingerprint density at radius 3 is 1.94 bits per heavy atom. The fourth-order valence-corrected chi connectivity index (χ4v) is 10.5. The average Bonchev–Trinajstić information content (AvgIpc) is 3.24. The number of amides is 1. The molecule has 62 heavy (non-hydrogen) atoms. The van der Waals surface area contributed by atoms with Crippen LogP contribution in [0.1, 0.15) is 93.6 Å². The lowest BCUT2D eigenvalue weighted by Gasteiger charge is -2.68. The van der Waals surface area contributed by atoms with Gasteiger partial charge >= 0.3 is 23.9 Å². The van der Waals surface area contributed by atoms with Gasteiger partial charge in [-0.3, -0.25) is 19.2 Å². The number of aliphatic hydroxyl groups excluding tert-OH is 2. The van der Waals surface area contributed by atoms with E-state index in [-0.39, 0.29) is 30.6 Å². The lowest BCUT2D eigenvalue weighted by atomic mass is 9.42. The van der Waals surface area contributed by atoms with E-state index in [1.807, 2.05) is 13.8 Å². The Bertz CT molecular complexity index is 2280. The highest BCUT2D eigenvalue weighted by molar-refractivity contribution is 5.96. The molecule has 0 spiro atoms. The molecule has 3 N–H and O–H groups in total. The number of rotatable bonds is 10. The number of benzene rings is 3. The Labute approximate surface area is 359 Å². The summed E-state index contributed by atoms with van der Waals surface area (Å²) in [5, 5.41) is 26.7. The van der Waals surface area contributed by atoms with Gasteiger partial charge in [-0.25, -0.2) is 9.59 Å². The number of carbonyl (C=O) groups is 6. The molecule has 1 unspecified atom stereocenters. The minimum Gasteiger partial charge on any atom is -0.458 e. The molecule has 328 valence electrons. The fraction of sp³-hybridized carbons (Fsp3) is 0.458. The van der Waals surface area contributed by atoms with Gasteiger partial charge < -0.3 is 39.2 Å². The number of carbonyl (C=O) groups excluding carboxylic acids is 6. The Hall–Kier alpha value is -5.70. The summed E-state index contributed by atoms with van der Waals surface area (Å²) in [5.41, 5.74) is -4.65. The van der Waals surface area contributed by atoms with Gasteiger partial charge in [0.1, 0.15) is 18.3 Å². The van der Waals surface area contributed by atoms with Gasteiger partial charge in [0.15, 0.2) is 23.6 Å². The van der Waals surface area contributed by atoms with E-state index in [9.17, 15) is 34.2 Å². The van der Waals surface area contributed by atoms with E-state index >= 15 is 4.79 Å². The molecular weight excluding hydrogens is 799 g/mol. The minimum absolute atomic E-state index is 0.0990. The molecule has 4 aliphatic rings. The second-order valence-electron chi connectivity index (χ2n) is 17.8. The van der Waals surface area contributed by atoms with Gasteiger partial charge in [0.25, 0.3) is 5.91 Å². The molecule has 1 amide bonds. The molecule has 0 aromatic heterocycles. The summed E-state index contributed by atoms with van der Waals surface area (Å²) in [6.45, 7) is 10.7. The van der Waals surface area contributed by atoms with Crippen LogP contribution in [0.3, 0.4) is 0 Å². The Balaban J connectivity index is 1.39. The molecule has 2 bridgehead atoms. The predicted molar refractivity (Wildman–Crippen MR) is 221 cm³/mol. The van der Waals surface area contributed by atoms with Crippen molar-refractivity contribution in [1.82, 2.24) is 5.32 Å². The third kappa shape index (κ3) is 7.31. The molecule has 14 heteroatoms. The lowest BCUT2D eigenvalue weighted by Crippen LogP contribution is -2.80. The van der Waals surface area contributed by atoms with Gasteiger partial charge in [-0.05, 0) is 66.7 Å². The molecule has 2 saturated carbocycles. The zero-order chi connectivity index (χ0) is 44.9. The number of fused-ring (bicyclic) bond motifs is 5. The minimum atomic E-state index is -1.95. The molecule has 11 atom stereocenters. The largest absolute Gasteiger partial charge is 0.458 e. The molecule has 3 aromatic rings. The molecule has 1 aliphatic heterocycles. The number of Topliss-reactive ketones (excluding diaryl/α,β-unsaturated/α-hetero) is 1. The summed E-state index contributed by atoms with van der Waals surface area (Å²) in [6.07, 6.45) is -8.83. The molecule has 3 fully saturated rings. The Kier molecular flexibility index (Phi) is 11.8. The van der Waals surface area contributed by atoms with E-state index in [1.54, 1.807) is 105 Å². The second kappa shape index (κ2) is 16.5. The van der Waals surface area contributed by atoms with E-state index in [1.165, 1.54) is 13.8 Å². The van der Waals surface area contributed by atoms with Crippen LogP contribution in [0, 0.1) is 22.2 Å². The average molecular weight is 852 g/mol. The van der Waals surface area contributed by atoms with Crippen molar-refractivity contribution in [3.63, 3.8) is 0 Å². The number of esters is 4. The van der Waals surface area contributed by atoms with Crippen molar-refractivity contribution < 1.29 is 62.7 Å². The molecule has 3 aromatic carbocycles. The maximum Gasteiger partial charge on any atom is 0.338 e. The van der Waals surface area contributed by atoms with Gasteiger partial charge in [-0.1, -0.05) is 87.5 Å². The number of aliphatic hydroxyl groups is 2. The van der Waals surface area contributed by atoms with Gasteiger partial charge in [-0.2, -0.15) is 0 Å². The molecule has 0 radical (unpaired) electrons. The quantitative estimate of drug-likeness (QED) is 0.140. The monoisotopic (exact) mass is 851 g/mol. The first-order valence-electron chi connectivity index (χ1n) is 20.7. The normalized spacial score (nSPS) is 31.9. The van der Waals surface area contributed by atoms with Crippen LogP contribution in [0.4, 0.5) is 0 Å². The zero-order valence-electron chi connectivity index (χ0n) is 35.8. The molecule has 14 nitrogen and oxygen atoms in total. The topological polar surface area (TPSA) is 201 Å². The Morgan fingerprint density at radius 2 is 1.39 bits per heavy atom. The highest BCUT2D eigenvalue weighted by Crippen LogP contribution is 2.67. The number of hydrogen-bond acceptors (Lipinski definition) is 13. The first-order chi connectivity index (χ1) is 29.3. The van der Waals surface area contributed by atoms with Crippen LogP contribution >= 0.6 is 0 Å². The summed E-state index contributed by atoms with van der Waals surface area (Å²) in [4.78, 5) is 83.9. The maximum atomic E-state index is 15.6. The van der Waals surface area contributed by atoms with Crippen LogP contribution in [-0.4, -0.2) is 94.6 Å². The summed E-state index contributed by atoms with van der Waals surface area (Å²) in [5.74, 6) is -6.01. The van der Waals surface area contributed by atoms with E-state index in [2.05, 4.69) is 5.32 Å². The highest BCUT2D eigenvalue weighted by atomic mass is 16.6. The van der Waals surface area contributed by atoms with Crippen molar-refractivity contribution in [3.05, 3.63) is 119 Å². The first-order valence-corrected chi connectivity index (χ1v) is 20.7. The number of nitrogens with one attached hydrogen (secondary N) is 1. The van der Waals surface area contributed by atoms with Crippen molar-refractivity contribution in [2.24, 2.45) is 22.2 Å². The van der Waals surface area contributed by atoms with Gasteiger partial charge in [0.05, 0.1) is 35.6 Å². The van der Waals surface area contributed by atoms with E-state index in [0.29, 0.717) is 16.7 Å². The third-order valence-corrected chi connectivity index (χ3v) is 14.1. The summed E-state index contributed by atoms with van der Waals surface area (Å²) < 4.78 is 31.0. The molecule has 1 heterocycles. The number of ether oxygens (including phenoxy) is 5. The fourth-order valence-electron chi connectivity index (χ4n) is 10.5. The first kappa shape index (κ1) is 44.4. The molecule has 1 saturated heterocycles. The lowest BCUT2D eigenvalue weighted by molar-refractivity contribution is -0.340. The van der Waals surface area contributed by atoms with Crippen LogP contribution in [0.15, 0.2) is 102 Å². The van der Waals surface area contributed by atoms with Gasteiger partial charge in [-0.15, -0.1) is 0 Å². The zero-order valence-corrected chi connectivity index (χ0v) is 35.8. The summed E-state index contributed by atoms with van der Waals surface area (Å²) in [6, 6.07) is 23.6. The van der Waals surface area contributed by atoms with E-state index in [0.717, 1.165) is 6.92 Å². The Morgan fingerprint density at radius 1 is 0.806 bits per heavy atom. The van der Waals surface area contributed by atoms with Crippen molar-refractivity contribution in [1.29, 1.82) is 0 Å². The van der Waals surface area contributed by atoms with Crippen molar-refractivity contribution in [2.75, 3.05) is 6.61 Å². The van der Waals surface area contributed by atoms with Crippen LogP contribution in [0.25, 0.3) is 0 Å². The van der Waals surface area contributed by atoms with Crippen molar-refractivity contribution in [2.45, 2.75) is 110 Å². The van der Waals surface area contributed by atoms with Gasteiger partial charge in [0.2, 0.25) is 0 Å².